The van der Waals surface area contributed by atoms with Crippen molar-refractivity contribution in [2.45, 2.75) is 31.5 Å². The van der Waals surface area contributed by atoms with Gasteiger partial charge in [-0.25, -0.2) is 9.59 Å². The maximum atomic E-state index is 13.7. The second-order valence-corrected chi connectivity index (χ2v) is 9.01. The van der Waals surface area contributed by atoms with E-state index in [0.29, 0.717) is 5.75 Å². The van der Waals surface area contributed by atoms with Crippen LogP contribution in [0.25, 0.3) is 0 Å². The molecule has 0 spiro atoms. The predicted molar refractivity (Wildman–Crippen MR) is 142 cm³/mol. The largest absolute Gasteiger partial charge is 0.495 e. The number of hydrogen-bond donors (Lipinski definition) is 2. The van der Waals surface area contributed by atoms with Crippen molar-refractivity contribution >= 4 is 29.3 Å². The van der Waals surface area contributed by atoms with Gasteiger partial charge in [-0.05, 0) is 41.0 Å². The lowest BCUT2D eigenvalue weighted by Gasteiger charge is -2.30. The van der Waals surface area contributed by atoms with Gasteiger partial charge in [0.05, 0.1) is 19.9 Å². The smallest absolute Gasteiger partial charge is 0.408 e. The molecule has 2 atom stereocenters. The molecule has 2 amide bonds. The van der Waals surface area contributed by atoms with Crippen LogP contribution in [0.1, 0.15) is 16.7 Å². The van der Waals surface area contributed by atoms with Crippen molar-refractivity contribution in [2.24, 2.45) is 0 Å². The number of rotatable bonds is 5. The van der Waals surface area contributed by atoms with Gasteiger partial charge in [0.2, 0.25) is 5.91 Å². The Labute approximate surface area is 221 Å². The minimum absolute atomic E-state index is 0.0639. The first-order chi connectivity index (χ1) is 18.4. The molecule has 2 aliphatic heterocycles. The van der Waals surface area contributed by atoms with Crippen LogP contribution in [0.3, 0.4) is 0 Å². The Morgan fingerprint density at radius 2 is 1.68 bits per heavy atom. The first-order valence-electron chi connectivity index (χ1n) is 12.2. The molecular weight excluding hydrogens is 486 g/mol. The molecule has 3 aromatic carbocycles. The van der Waals surface area contributed by atoms with Gasteiger partial charge in [-0.15, -0.1) is 0 Å². The number of benzene rings is 3. The van der Waals surface area contributed by atoms with Crippen LogP contribution in [0, 0.1) is 0 Å². The molecule has 0 fully saturated rings. The van der Waals surface area contributed by atoms with E-state index in [1.807, 2.05) is 66.7 Å². The van der Waals surface area contributed by atoms with E-state index in [1.54, 1.807) is 13.2 Å². The van der Waals surface area contributed by atoms with E-state index < -0.39 is 30.1 Å². The summed E-state index contributed by atoms with van der Waals surface area (Å²) in [5.41, 5.74) is 3.99. The van der Waals surface area contributed by atoms with Crippen molar-refractivity contribution in [2.75, 3.05) is 26.6 Å². The van der Waals surface area contributed by atoms with Crippen LogP contribution in [0.4, 0.5) is 16.2 Å². The van der Waals surface area contributed by atoms with Crippen LogP contribution < -0.4 is 15.4 Å². The number of methoxy groups -OCH3 is 2. The number of nitrogens with one attached hydrogen (secondary N) is 2. The predicted octanol–water partition coefficient (Wildman–Crippen LogP) is 3.83. The lowest BCUT2D eigenvalue weighted by Crippen LogP contribution is -2.54. The molecule has 4 bridgehead atoms. The molecule has 0 saturated heterocycles. The number of carbonyl (C=O) groups is 3. The Bertz CT molecular complexity index is 1280. The maximum absolute atomic E-state index is 13.7. The minimum atomic E-state index is -0.969. The zero-order chi connectivity index (χ0) is 27.1. The van der Waals surface area contributed by atoms with Gasteiger partial charge in [-0.1, -0.05) is 48.5 Å². The number of nitrogens with zero attached hydrogens (tertiary/aromatic N) is 1. The summed E-state index contributed by atoms with van der Waals surface area (Å²) in [6.07, 6.45) is -0.322. The molecule has 3 aromatic rings. The van der Waals surface area contributed by atoms with Crippen LogP contribution >= 0.6 is 0 Å². The summed E-state index contributed by atoms with van der Waals surface area (Å²) in [5, 5.41) is 6.05. The summed E-state index contributed by atoms with van der Waals surface area (Å²) >= 11 is 0. The first kappa shape index (κ1) is 26.5. The highest BCUT2D eigenvalue weighted by Crippen LogP contribution is 2.30. The van der Waals surface area contributed by atoms with Crippen molar-refractivity contribution in [3.05, 3.63) is 89.5 Å². The third-order valence-corrected chi connectivity index (χ3v) is 6.46. The van der Waals surface area contributed by atoms with Gasteiger partial charge in [0.1, 0.15) is 24.4 Å². The second-order valence-electron chi connectivity index (χ2n) is 9.01. The third-order valence-electron chi connectivity index (χ3n) is 6.46. The fraction of sp³-hybridized carbons (Fsp3) is 0.276. The molecule has 0 aromatic heterocycles. The van der Waals surface area contributed by atoms with E-state index in [4.69, 9.17) is 14.2 Å². The van der Waals surface area contributed by atoms with E-state index in [-0.39, 0.29) is 19.4 Å². The van der Waals surface area contributed by atoms with Crippen molar-refractivity contribution in [3.63, 3.8) is 0 Å². The second kappa shape index (κ2) is 12.1. The molecule has 38 heavy (non-hydrogen) atoms. The summed E-state index contributed by atoms with van der Waals surface area (Å²) < 4.78 is 15.9. The molecule has 0 saturated carbocycles. The fourth-order valence-electron chi connectivity index (χ4n) is 4.34. The highest BCUT2D eigenvalue weighted by Gasteiger charge is 2.33. The van der Waals surface area contributed by atoms with Gasteiger partial charge in [0.15, 0.2) is 0 Å². The summed E-state index contributed by atoms with van der Waals surface area (Å²) in [5.74, 6) is -0.362. The lowest BCUT2D eigenvalue weighted by atomic mass is 10.00. The summed E-state index contributed by atoms with van der Waals surface area (Å²) in [4.78, 5) is 40.5. The van der Waals surface area contributed by atoms with Gasteiger partial charge >= 0.3 is 12.1 Å². The van der Waals surface area contributed by atoms with Crippen LogP contribution in [0.5, 0.6) is 5.75 Å². The molecule has 9 heteroatoms. The van der Waals surface area contributed by atoms with Crippen molar-refractivity contribution in [1.29, 1.82) is 0 Å². The molecule has 0 aliphatic carbocycles. The third kappa shape index (κ3) is 6.42. The Balaban J connectivity index is 1.64. The summed E-state index contributed by atoms with van der Waals surface area (Å²) in [6.45, 7) is 0.0639. The fourth-order valence-corrected chi connectivity index (χ4v) is 4.34. The molecule has 198 valence electrons. The quantitative estimate of drug-likeness (QED) is 0.496. The molecular formula is C29H31N3O6. The highest BCUT2D eigenvalue weighted by molar-refractivity contribution is 5.90. The molecule has 0 radical (unpaired) electrons. The monoisotopic (exact) mass is 517 g/mol. The van der Waals surface area contributed by atoms with Crippen LogP contribution in [-0.4, -0.2) is 56.2 Å². The number of likely N-dealkylation sites (N-methyl/N-ethyl adjacent to an activating group) is 1. The number of ether oxygens (including phenoxy) is 3. The normalized spacial score (nSPS) is 17.1. The van der Waals surface area contributed by atoms with E-state index in [0.717, 1.165) is 28.1 Å². The zero-order valence-corrected chi connectivity index (χ0v) is 21.6. The highest BCUT2D eigenvalue weighted by atomic mass is 16.5. The Morgan fingerprint density at radius 3 is 2.37 bits per heavy atom. The Morgan fingerprint density at radius 1 is 0.974 bits per heavy atom. The molecule has 2 N–H and O–H groups in total. The van der Waals surface area contributed by atoms with Gasteiger partial charge < -0.3 is 29.7 Å². The number of esters is 1. The minimum Gasteiger partial charge on any atom is -0.495 e. The van der Waals surface area contributed by atoms with Crippen LogP contribution in [0.15, 0.2) is 72.8 Å². The standard InChI is InChI=1S/C29H31N3O6/c1-32-25(28(34)37-3)17-21-11-14-26(36-2)23(16-21)30-22-12-9-19(10-13-22)15-24(27(32)33)31-29(35)38-18-20-7-5-4-6-8-20/h4-14,16,24-25,30H,15,17-18H2,1-3H3,(H,31,35)/t24-,25-/m0/s1. The number of amides is 2. The summed E-state index contributed by atoms with van der Waals surface area (Å²) in [7, 11) is 4.40. The molecule has 9 nitrogen and oxygen atoms in total. The molecule has 0 unspecified atom stereocenters. The number of fused-ring (bicyclic) bond motifs is 7. The topological polar surface area (TPSA) is 106 Å². The molecule has 2 aliphatic rings. The number of carbonyl (C=O) groups excluding carboxylic acids is 3. The van der Waals surface area contributed by atoms with Crippen LogP contribution in [-0.2, 0) is 38.5 Å². The average Bonchev–Trinajstić information content (AvgIpc) is 2.94. The Kier molecular flexibility index (Phi) is 8.47. The number of alkyl carbamates (subject to hydrolysis) is 1. The summed E-state index contributed by atoms with van der Waals surface area (Å²) in [6, 6.07) is 20.4. The Hall–Kier alpha value is -4.53. The van der Waals surface area contributed by atoms with Crippen LogP contribution in [0.2, 0.25) is 0 Å². The first-order valence-corrected chi connectivity index (χ1v) is 12.2. The SMILES string of the molecule is COC(=O)[C@@H]1Cc2ccc(OC)c(c2)Nc2ccc(cc2)C[C@H](NC(=O)OCc2ccccc2)C(=O)N1C. The van der Waals surface area contributed by atoms with E-state index in [1.165, 1.54) is 19.1 Å². The van der Waals surface area contributed by atoms with Gasteiger partial charge in [0, 0.05) is 25.6 Å². The van der Waals surface area contributed by atoms with Crippen molar-refractivity contribution in [1.82, 2.24) is 10.2 Å². The van der Waals surface area contributed by atoms with Gasteiger partial charge in [-0.2, -0.15) is 0 Å². The number of anilines is 2. The van der Waals surface area contributed by atoms with E-state index in [9.17, 15) is 14.4 Å². The average molecular weight is 518 g/mol. The van der Waals surface area contributed by atoms with Gasteiger partial charge in [-0.3, -0.25) is 4.79 Å². The van der Waals surface area contributed by atoms with Crippen molar-refractivity contribution < 1.29 is 28.6 Å². The molecule has 5 rings (SSSR count). The number of hydrogen-bond acceptors (Lipinski definition) is 7. The molecule has 2 heterocycles. The van der Waals surface area contributed by atoms with E-state index >= 15 is 0 Å². The lowest BCUT2D eigenvalue weighted by molar-refractivity contribution is -0.152. The zero-order valence-electron chi connectivity index (χ0n) is 21.6. The van der Waals surface area contributed by atoms with Crippen molar-refractivity contribution in [3.8, 4) is 5.75 Å². The van der Waals surface area contributed by atoms with E-state index in [2.05, 4.69) is 10.6 Å². The van der Waals surface area contributed by atoms with Gasteiger partial charge in [0.25, 0.3) is 0 Å². The maximum Gasteiger partial charge on any atom is 0.408 e.